The predicted molar refractivity (Wildman–Crippen MR) is 133 cm³/mol. The van der Waals surface area contributed by atoms with Gasteiger partial charge in [0.05, 0.1) is 5.75 Å². The standard InChI is InChI=1S/C18H20N8O7S4/c1-3-4-37(32,33)22-17-19-9(7-35-17)12(27)13(28)20-10-14(29)26-11(16(30)31)8(5-34-15(10)26)6-36-18-21-23-24-25(18)2/h7,10,15H,3-6H2,1-2H3,(H,19,22)(H,20,28)(H,30,31)/t10?,15-/m1/s1. The first kappa shape index (κ1) is 27.0. The van der Waals surface area contributed by atoms with Crippen molar-refractivity contribution in [2.75, 3.05) is 22.0 Å². The minimum absolute atomic E-state index is 0.0583. The Morgan fingerprint density at radius 1 is 1.32 bits per heavy atom. The Labute approximate surface area is 222 Å². The molecule has 37 heavy (non-hydrogen) atoms. The number of amides is 2. The van der Waals surface area contributed by atoms with Crippen LogP contribution in [0.1, 0.15) is 23.8 Å². The van der Waals surface area contributed by atoms with Crippen molar-refractivity contribution in [1.82, 2.24) is 35.4 Å². The summed E-state index contributed by atoms with van der Waals surface area (Å²) in [6, 6.07) is -1.10. The summed E-state index contributed by atoms with van der Waals surface area (Å²) in [6.07, 6.45) is 0.388. The van der Waals surface area contributed by atoms with E-state index in [1.165, 1.54) is 33.6 Å². The summed E-state index contributed by atoms with van der Waals surface area (Å²) in [7, 11) is -1.98. The number of anilines is 1. The number of β-lactam (4-membered cyclic amide) rings is 1. The van der Waals surface area contributed by atoms with Crippen molar-refractivity contribution in [2.45, 2.75) is 29.9 Å². The summed E-state index contributed by atoms with van der Waals surface area (Å²) < 4.78 is 27.4. The van der Waals surface area contributed by atoms with Gasteiger partial charge in [-0.15, -0.1) is 28.2 Å². The van der Waals surface area contributed by atoms with E-state index in [4.69, 9.17) is 0 Å². The maximum Gasteiger partial charge on any atom is 0.352 e. The Hall–Kier alpha value is -3.03. The van der Waals surface area contributed by atoms with E-state index in [1.54, 1.807) is 14.0 Å². The van der Waals surface area contributed by atoms with Crippen molar-refractivity contribution < 1.29 is 32.7 Å². The van der Waals surface area contributed by atoms with E-state index in [1.807, 2.05) is 0 Å². The zero-order chi connectivity index (χ0) is 26.9. The summed E-state index contributed by atoms with van der Waals surface area (Å²) >= 11 is 3.32. The van der Waals surface area contributed by atoms with Crippen LogP contribution >= 0.6 is 34.9 Å². The lowest BCUT2D eigenvalue weighted by Crippen LogP contribution is -2.71. The summed E-state index contributed by atoms with van der Waals surface area (Å²) in [5.41, 5.74) is 0.0495. The molecule has 198 valence electrons. The second-order valence-corrected chi connectivity index (χ2v) is 12.5. The third-order valence-electron chi connectivity index (χ3n) is 5.15. The zero-order valence-electron chi connectivity index (χ0n) is 19.3. The van der Waals surface area contributed by atoms with Gasteiger partial charge in [-0.2, -0.15) is 0 Å². The third kappa shape index (κ3) is 5.63. The van der Waals surface area contributed by atoms with Gasteiger partial charge < -0.3 is 10.4 Å². The van der Waals surface area contributed by atoms with E-state index >= 15 is 0 Å². The van der Waals surface area contributed by atoms with Gasteiger partial charge in [0.2, 0.25) is 15.2 Å². The van der Waals surface area contributed by atoms with Gasteiger partial charge in [0.1, 0.15) is 22.8 Å². The minimum atomic E-state index is -3.62. The van der Waals surface area contributed by atoms with Crippen molar-refractivity contribution in [3.8, 4) is 0 Å². The number of aliphatic carboxylic acids is 1. The van der Waals surface area contributed by atoms with E-state index in [-0.39, 0.29) is 33.8 Å². The number of thioether (sulfide) groups is 2. The van der Waals surface area contributed by atoms with E-state index in [0.717, 1.165) is 16.2 Å². The van der Waals surface area contributed by atoms with Crippen molar-refractivity contribution >= 4 is 73.6 Å². The number of Topliss-reactive ketones (excluding diaryl/α,β-unsaturated/α-hetero) is 1. The molecule has 1 fully saturated rings. The van der Waals surface area contributed by atoms with Crippen LogP contribution in [0.25, 0.3) is 0 Å². The first-order valence-corrected chi connectivity index (χ1v) is 15.2. The number of sulfonamides is 1. The number of nitrogens with one attached hydrogen (secondary N) is 2. The van der Waals surface area contributed by atoms with Crippen molar-refractivity contribution in [3.63, 3.8) is 0 Å². The van der Waals surface area contributed by atoms with Crippen LogP contribution in [0.2, 0.25) is 0 Å². The van der Waals surface area contributed by atoms with Gasteiger partial charge in [0.25, 0.3) is 17.6 Å². The molecule has 2 amide bonds. The van der Waals surface area contributed by atoms with Gasteiger partial charge in [0, 0.05) is 23.9 Å². The molecule has 1 saturated heterocycles. The second-order valence-electron chi connectivity index (χ2n) is 7.78. The number of thiazole rings is 1. The normalized spacial score (nSPS) is 19.3. The molecule has 4 rings (SSSR count). The molecular weight excluding hydrogens is 569 g/mol. The molecule has 0 saturated carbocycles. The number of carbonyl (C=O) groups is 4. The number of carboxylic acids is 1. The fraction of sp³-hybridized carbons (Fsp3) is 0.444. The molecule has 0 spiro atoms. The molecule has 0 aromatic carbocycles. The molecule has 1 unspecified atom stereocenters. The van der Waals surface area contributed by atoms with Crippen molar-refractivity contribution in [2.24, 2.45) is 7.05 Å². The van der Waals surface area contributed by atoms with Gasteiger partial charge in [0.15, 0.2) is 5.13 Å². The number of carboxylic acid groups (broad SMARTS) is 1. The lowest BCUT2D eigenvalue weighted by molar-refractivity contribution is -0.150. The van der Waals surface area contributed by atoms with Crippen LogP contribution in [0.5, 0.6) is 0 Å². The first-order chi connectivity index (χ1) is 17.5. The number of carbonyl (C=O) groups excluding carboxylic acids is 3. The van der Waals surface area contributed by atoms with E-state index in [0.29, 0.717) is 17.2 Å². The molecule has 0 aliphatic carbocycles. The van der Waals surface area contributed by atoms with Gasteiger partial charge in [-0.3, -0.25) is 24.0 Å². The van der Waals surface area contributed by atoms with Crippen LogP contribution in [0.3, 0.4) is 0 Å². The SMILES string of the molecule is CCCS(=O)(=O)Nc1nc(C(=O)C(=O)NC2C(=O)N3C(C(=O)O)=C(CSc4nnnn4C)CS[C@H]23)cs1. The van der Waals surface area contributed by atoms with E-state index in [2.05, 4.69) is 30.5 Å². The Kier molecular flexibility index (Phi) is 7.85. The summed E-state index contributed by atoms with van der Waals surface area (Å²) in [5.74, 6) is -3.71. The fourth-order valence-corrected chi connectivity index (χ4v) is 7.88. The highest BCUT2D eigenvalue weighted by Gasteiger charge is 2.54. The average Bonchev–Trinajstić information content (AvgIpc) is 3.47. The monoisotopic (exact) mass is 588 g/mol. The van der Waals surface area contributed by atoms with Crippen LogP contribution in [0.15, 0.2) is 21.8 Å². The Morgan fingerprint density at radius 3 is 2.73 bits per heavy atom. The molecule has 15 nitrogen and oxygen atoms in total. The number of fused-ring (bicyclic) bond motifs is 1. The molecule has 2 aliphatic rings. The van der Waals surface area contributed by atoms with Crippen LogP contribution in [-0.4, -0.2) is 95.9 Å². The number of hydrogen-bond acceptors (Lipinski definition) is 13. The smallest absolute Gasteiger partial charge is 0.352 e. The summed E-state index contributed by atoms with van der Waals surface area (Å²) in [6.45, 7) is 1.69. The fourth-order valence-electron chi connectivity index (χ4n) is 3.49. The van der Waals surface area contributed by atoms with Gasteiger partial charge in [-0.05, 0) is 22.4 Å². The number of aromatic nitrogens is 5. The second kappa shape index (κ2) is 10.8. The van der Waals surface area contributed by atoms with Crippen LogP contribution in [0.4, 0.5) is 5.13 Å². The van der Waals surface area contributed by atoms with E-state index in [9.17, 15) is 32.7 Å². The Bertz CT molecular complexity index is 1400. The van der Waals surface area contributed by atoms with E-state index < -0.39 is 45.0 Å². The van der Waals surface area contributed by atoms with Gasteiger partial charge >= 0.3 is 5.97 Å². The number of rotatable bonds is 11. The molecular formula is C18H20N8O7S4. The maximum absolute atomic E-state index is 12.8. The minimum Gasteiger partial charge on any atom is -0.477 e. The highest BCUT2D eigenvalue weighted by molar-refractivity contribution is 8.01. The van der Waals surface area contributed by atoms with Crippen molar-refractivity contribution in [1.29, 1.82) is 0 Å². The predicted octanol–water partition coefficient (Wildman–Crippen LogP) is -0.468. The van der Waals surface area contributed by atoms with Crippen LogP contribution in [0, 0.1) is 0 Å². The lowest BCUT2D eigenvalue weighted by atomic mass is 10.0. The number of hydrogen-bond donors (Lipinski definition) is 3. The molecule has 2 atom stereocenters. The summed E-state index contributed by atoms with van der Waals surface area (Å²) in [5, 5.41) is 24.1. The van der Waals surface area contributed by atoms with Gasteiger partial charge in [-0.1, -0.05) is 18.7 Å². The van der Waals surface area contributed by atoms with Crippen molar-refractivity contribution in [3.05, 3.63) is 22.3 Å². The number of aryl methyl sites for hydroxylation is 1. The largest absolute Gasteiger partial charge is 0.477 e. The van der Waals surface area contributed by atoms with Crippen LogP contribution < -0.4 is 10.0 Å². The maximum atomic E-state index is 12.8. The zero-order valence-corrected chi connectivity index (χ0v) is 22.5. The Morgan fingerprint density at radius 2 is 2.08 bits per heavy atom. The molecule has 3 N–H and O–H groups in total. The highest BCUT2D eigenvalue weighted by atomic mass is 32.2. The molecule has 2 aromatic heterocycles. The van der Waals surface area contributed by atoms with Gasteiger partial charge in [-0.25, -0.2) is 22.9 Å². The number of tetrazole rings is 1. The molecule has 0 radical (unpaired) electrons. The molecule has 2 aliphatic heterocycles. The molecule has 19 heteroatoms. The average molecular weight is 589 g/mol. The Balaban J connectivity index is 1.41. The third-order valence-corrected chi connectivity index (χ3v) is 9.93. The first-order valence-electron chi connectivity index (χ1n) is 10.6. The molecule has 0 bridgehead atoms. The quantitative estimate of drug-likeness (QED) is 0.131. The topological polar surface area (TPSA) is 206 Å². The molecule has 4 heterocycles. The highest BCUT2D eigenvalue weighted by Crippen LogP contribution is 2.41. The number of ketones is 1. The molecule has 2 aromatic rings. The number of nitrogens with zero attached hydrogens (tertiary/aromatic N) is 6. The summed E-state index contributed by atoms with van der Waals surface area (Å²) in [4.78, 5) is 54.8. The van der Waals surface area contributed by atoms with Crippen LogP contribution in [-0.2, 0) is 31.5 Å². The lowest BCUT2D eigenvalue weighted by Gasteiger charge is -2.49.